The number of aryl methyl sites for hydroxylation is 1. The zero-order chi connectivity index (χ0) is 25.8. The van der Waals surface area contributed by atoms with Crippen molar-refractivity contribution in [1.29, 1.82) is 0 Å². The summed E-state index contributed by atoms with van der Waals surface area (Å²) in [6, 6.07) is 23.1. The number of hydrogen-bond donors (Lipinski definition) is 1. The third kappa shape index (κ3) is 3.29. The first-order valence-electron chi connectivity index (χ1n) is 11.9. The molecule has 0 saturated carbocycles. The lowest BCUT2D eigenvalue weighted by atomic mass is 9.99. The second-order valence-electron chi connectivity index (χ2n) is 9.09. The van der Waals surface area contributed by atoms with E-state index in [4.69, 9.17) is 9.47 Å². The van der Waals surface area contributed by atoms with Crippen LogP contribution in [0, 0.1) is 0 Å². The van der Waals surface area contributed by atoms with Crippen LogP contribution in [-0.4, -0.2) is 27.9 Å². The highest BCUT2D eigenvalue weighted by Crippen LogP contribution is 2.45. The number of anilines is 1. The van der Waals surface area contributed by atoms with E-state index in [2.05, 4.69) is 9.88 Å². The van der Waals surface area contributed by atoms with Gasteiger partial charge in [-0.1, -0.05) is 24.3 Å². The average Bonchev–Trinajstić information content (AvgIpc) is 3.31. The quantitative estimate of drug-likeness (QED) is 0.405. The number of nitrogens with one attached hydrogen (secondary N) is 1. The molecular formula is C29H26N4O4. The van der Waals surface area contributed by atoms with E-state index in [1.54, 1.807) is 25.8 Å². The molecule has 186 valence electrons. The van der Waals surface area contributed by atoms with Crippen LogP contribution in [0.15, 0.2) is 82.4 Å². The Morgan fingerprint density at radius 3 is 2.05 bits per heavy atom. The fraction of sp³-hybridized carbons (Fsp3) is 0.172. The van der Waals surface area contributed by atoms with Crippen molar-refractivity contribution in [1.82, 2.24) is 13.7 Å². The van der Waals surface area contributed by atoms with Gasteiger partial charge in [-0.15, -0.1) is 0 Å². The first-order valence-corrected chi connectivity index (χ1v) is 11.9. The lowest BCUT2D eigenvalue weighted by molar-refractivity contribution is 0.414. The number of fused-ring (bicyclic) bond motifs is 5. The fourth-order valence-electron chi connectivity index (χ4n) is 5.29. The van der Waals surface area contributed by atoms with E-state index in [9.17, 15) is 9.59 Å². The Kier molecular flexibility index (Phi) is 5.19. The SMILES string of the molecule is COc1ccc(-c2c3c(=O)n(C)c(=O)n(C)c3c3n2-c2ccccc2N[C@H]3c2ccc(OC)cc2)cc1. The third-order valence-electron chi connectivity index (χ3n) is 7.14. The molecule has 5 aromatic rings. The molecule has 0 bridgehead atoms. The zero-order valence-corrected chi connectivity index (χ0v) is 21.0. The molecule has 0 unspecified atom stereocenters. The summed E-state index contributed by atoms with van der Waals surface area (Å²) in [6.07, 6.45) is 0. The van der Waals surface area contributed by atoms with Gasteiger partial charge in [0.1, 0.15) is 11.5 Å². The van der Waals surface area contributed by atoms with Crippen LogP contribution >= 0.6 is 0 Å². The molecule has 1 atom stereocenters. The summed E-state index contributed by atoms with van der Waals surface area (Å²) in [5.74, 6) is 1.47. The van der Waals surface area contributed by atoms with Crippen molar-refractivity contribution >= 4 is 16.6 Å². The molecule has 0 radical (unpaired) electrons. The Morgan fingerprint density at radius 1 is 0.784 bits per heavy atom. The second kappa shape index (κ2) is 8.44. The van der Waals surface area contributed by atoms with E-state index in [0.717, 1.165) is 45.4 Å². The Morgan fingerprint density at radius 2 is 1.41 bits per heavy atom. The van der Waals surface area contributed by atoms with Crippen LogP contribution in [-0.2, 0) is 14.1 Å². The summed E-state index contributed by atoms with van der Waals surface area (Å²) in [4.78, 5) is 26.9. The van der Waals surface area contributed by atoms with Gasteiger partial charge in [0.15, 0.2) is 0 Å². The number of nitrogens with zero attached hydrogens (tertiary/aromatic N) is 3. The van der Waals surface area contributed by atoms with Crippen LogP contribution in [0.1, 0.15) is 17.3 Å². The van der Waals surface area contributed by atoms with Gasteiger partial charge in [-0.25, -0.2) is 4.79 Å². The molecule has 8 nitrogen and oxygen atoms in total. The average molecular weight is 495 g/mol. The Balaban J connectivity index is 1.80. The predicted molar refractivity (Wildman–Crippen MR) is 144 cm³/mol. The number of para-hydroxylation sites is 2. The van der Waals surface area contributed by atoms with Gasteiger partial charge in [0.05, 0.1) is 53.9 Å². The first kappa shape index (κ1) is 22.7. The van der Waals surface area contributed by atoms with Crippen molar-refractivity contribution in [3.05, 3.63) is 105 Å². The molecule has 0 fully saturated rings. The minimum Gasteiger partial charge on any atom is -0.497 e. The first-order chi connectivity index (χ1) is 17.9. The van der Waals surface area contributed by atoms with Gasteiger partial charge in [0.25, 0.3) is 5.56 Å². The molecule has 8 heteroatoms. The van der Waals surface area contributed by atoms with Crippen LogP contribution in [0.5, 0.6) is 11.5 Å². The molecule has 6 rings (SSSR count). The van der Waals surface area contributed by atoms with Gasteiger partial charge >= 0.3 is 5.69 Å². The third-order valence-corrected chi connectivity index (χ3v) is 7.14. The van der Waals surface area contributed by atoms with Gasteiger partial charge in [-0.2, -0.15) is 0 Å². The molecular weight excluding hydrogens is 468 g/mol. The molecule has 3 aromatic carbocycles. The summed E-state index contributed by atoms with van der Waals surface area (Å²) < 4.78 is 15.6. The summed E-state index contributed by atoms with van der Waals surface area (Å²) in [6.45, 7) is 0. The van der Waals surface area contributed by atoms with E-state index in [1.165, 1.54) is 11.6 Å². The summed E-state index contributed by atoms with van der Waals surface area (Å²) in [5.41, 5.74) is 5.09. The van der Waals surface area contributed by atoms with Crippen LogP contribution in [0.25, 0.3) is 27.8 Å². The predicted octanol–water partition coefficient (Wildman–Crippen LogP) is 4.23. The van der Waals surface area contributed by atoms with Gasteiger partial charge in [-0.3, -0.25) is 13.9 Å². The van der Waals surface area contributed by atoms with Crippen LogP contribution in [0.3, 0.4) is 0 Å². The summed E-state index contributed by atoms with van der Waals surface area (Å²) in [5, 5.41) is 4.14. The van der Waals surface area contributed by atoms with E-state index in [1.807, 2.05) is 72.8 Å². The van der Waals surface area contributed by atoms with Crippen molar-refractivity contribution in [2.75, 3.05) is 19.5 Å². The normalized spacial score (nSPS) is 14.1. The Hall–Kier alpha value is -4.72. The van der Waals surface area contributed by atoms with Crippen LogP contribution in [0.2, 0.25) is 0 Å². The lowest BCUT2D eigenvalue weighted by Crippen LogP contribution is -2.37. The fourth-order valence-corrected chi connectivity index (χ4v) is 5.29. The molecule has 1 aliphatic heterocycles. The molecule has 2 aromatic heterocycles. The molecule has 1 N–H and O–H groups in total. The smallest absolute Gasteiger partial charge is 0.331 e. The number of benzene rings is 3. The number of methoxy groups -OCH3 is 2. The molecule has 0 aliphatic carbocycles. The standard InChI is InChI=1S/C29H26N4O4/c1-31-26-23(28(34)32(2)29(31)35)25(18-11-15-20(37-4)16-12-18)33-22-8-6-5-7-21(22)30-24(27(26)33)17-9-13-19(36-3)14-10-17/h5-16,24,30H,1-4H3/t24-/m0/s1. The van der Waals surface area contributed by atoms with Crippen LogP contribution < -0.4 is 26.0 Å². The largest absolute Gasteiger partial charge is 0.497 e. The minimum atomic E-state index is -0.375. The number of hydrogen-bond acceptors (Lipinski definition) is 5. The monoisotopic (exact) mass is 494 g/mol. The highest BCUT2D eigenvalue weighted by atomic mass is 16.5. The molecule has 37 heavy (non-hydrogen) atoms. The molecule has 0 spiro atoms. The van der Waals surface area contributed by atoms with Crippen molar-refractivity contribution in [3.8, 4) is 28.4 Å². The van der Waals surface area contributed by atoms with Gasteiger partial charge in [0, 0.05) is 14.1 Å². The number of aromatic nitrogens is 3. The zero-order valence-electron chi connectivity index (χ0n) is 21.0. The van der Waals surface area contributed by atoms with Crippen molar-refractivity contribution in [2.24, 2.45) is 14.1 Å². The van der Waals surface area contributed by atoms with Crippen molar-refractivity contribution in [2.45, 2.75) is 6.04 Å². The highest BCUT2D eigenvalue weighted by molar-refractivity contribution is 5.99. The van der Waals surface area contributed by atoms with Gasteiger partial charge in [-0.05, 0) is 59.7 Å². The lowest BCUT2D eigenvalue weighted by Gasteiger charge is -2.31. The van der Waals surface area contributed by atoms with Gasteiger partial charge in [0.2, 0.25) is 0 Å². The van der Waals surface area contributed by atoms with E-state index in [-0.39, 0.29) is 17.3 Å². The maximum atomic E-state index is 13.7. The summed E-state index contributed by atoms with van der Waals surface area (Å²) in [7, 11) is 6.49. The maximum absolute atomic E-state index is 13.7. The molecule has 1 aliphatic rings. The number of ether oxygens (including phenoxy) is 2. The van der Waals surface area contributed by atoms with E-state index < -0.39 is 0 Å². The minimum absolute atomic E-state index is 0.326. The van der Waals surface area contributed by atoms with Crippen molar-refractivity contribution in [3.63, 3.8) is 0 Å². The second-order valence-corrected chi connectivity index (χ2v) is 9.09. The molecule has 3 heterocycles. The van der Waals surface area contributed by atoms with Gasteiger partial charge < -0.3 is 19.4 Å². The topological polar surface area (TPSA) is 79.4 Å². The maximum Gasteiger partial charge on any atom is 0.331 e. The highest BCUT2D eigenvalue weighted by Gasteiger charge is 2.34. The molecule has 0 saturated heterocycles. The Labute approximate surface area is 212 Å². The van der Waals surface area contributed by atoms with E-state index >= 15 is 0 Å². The van der Waals surface area contributed by atoms with E-state index in [0.29, 0.717) is 10.9 Å². The van der Waals surface area contributed by atoms with Crippen LogP contribution in [0.4, 0.5) is 5.69 Å². The summed E-state index contributed by atoms with van der Waals surface area (Å²) >= 11 is 0. The van der Waals surface area contributed by atoms with Crippen molar-refractivity contribution < 1.29 is 9.47 Å². The molecule has 0 amide bonds. The number of rotatable bonds is 4. The Bertz CT molecular complexity index is 1780.